The Morgan fingerprint density at radius 1 is 1.09 bits per heavy atom. The molecule has 4 rings (SSSR count). The zero-order chi connectivity index (χ0) is 15.8. The molecule has 0 fully saturated rings. The molecule has 0 radical (unpaired) electrons. The minimum absolute atomic E-state index is 0.0649. The largest absolute Gasteiger partial charge is 0.450 e. The predicted molar refractivity (Wildman–Crippen MR) is 84.9 cm³/mol. The lowest BCUT2D eigenvalue weighted by Crippen LogP contribution is -2.05. The van der Waals surface area contributed by atoms with Crippen LogP contribution in [0.5, 0.6) is 23.0 Å². The van der Waals surface area contributed by atoms with Crippen molar-refractivity contribution in [2.45, 2.75) is 0 Å². The van der Waals surface area contributed by atoms with Crippen molar-refractivity contribution in [2.24, 2.45) is 0 Å². The zero-order valence-electron chi connectivity index (χ0n) is 11.9. The van der Waals surface area contributed by atoms with Gasteiger partial charge in [0.2, 0.25) is 5.75 Å². The molecule has 3 N–H and O–H groups in total. The Labute approximate surface area is 131 Å². The number of para-hydroxylation sites is 2. The normalized spacial score (nSPS) is 11.7. The van der Waals surface area contributed by atoms with E-state index in [1.54, 1.807) is 18.3 Å². The maximum absolute atomic E-state index is 13.9. The third-order valence-electron chi connectivity index (χ3n) is 3.40. The second-order valence-corrected chi connectivity index (χ2v) is 5.00. The molecule has 1 aromatic heterocycles. The van der Waals surface area contributed by atoms with Gasteiger partial charge in [-0.1, -0.05) is 12.1 Å². The first-order valence-electron chi connectivity index (χ1n) is 6.96. The van der Waals surface area contributed by atoms with Crippen LogP contribution in [0.3, 0.4) is 0 Å². The number of nitrogens with zero attached hydrogens (tertiary/aromatic N) is 1. The Morgan fingerprint density at radius 2 is 1.96 bits per heavy atom. The van der Waals surface area contributed by atoms with Gasteiger partial charge in [0.15, 0.2) is 28.9 Å². The summed E-state index contributed by atoms with van der Waals surface area (Å²) in [4.78, 5) is 4.23. The van der Waals surface area contributed by atoms with Crippen LogP contribution in [0.15, 0.2) is 54.7 Å². The monoisotopic (exact) mass is 309 g/mol. The molecule has 0 aliphatic carbocycles. The van der Waals surface area contributed by atoms with E-state index in [0.717, 1.165) is 5.69 Å². The highest BCUT2D eigenvalue weighted by atomic mass is 19.1. The molecule has 0 bridgehead atoms. The number of rotatable bonds is 2. The molecule has 2 aromatic carbocycles. The lowest BCUT2D eigenvalue weighted by Gasteiger charge is -2.22. The van der Waals surface area contributed by atoms with E-state index in [2.05, 4.69) is 10.3 Å². The average Bonchev–Trinajstić information content (AvgIpc) is 2.56. The van der Waals surface area contributed by atoms with E-state index in [4.69, 9.17) is 15.2 Å². The molecule has 1 aliphatic rings. The highest BCUT2D eigenvalue weighted by Gasteiger charge is 2.22. The van der Waals surface area contributed by atoms with Gasteiger partial charge in [-0.25, -0.2) is 9.37 Å². The number of hydrogen-bond acceptors (Lipinski definition) is 5. The van der Waals surface area contributed by atoms with Crippen molar-refractivity contribution in [1.29, 1.82) is 0 Å². The van der Waals surface area contributed by atoms with Gasteiger partial charge in [0, 0.05) is 24.0 Å². The molecular weight excluding hydrogens is 297 g/mol. The molecular formula is C17H12FN3O2. The van der Waals surface area contributed by atoms with Crippen LogP contribution in [-0.2, 0) is 0 Å². The number of aromatic nitrogens is 1. The van der Waals surface area contributed by atoms with Crippen LogP contribution in [0.25, 0.3) is 0 Å². The summed E-state index contributed by atoms with van der Waals surface area (Å²) in [6.45, 7) is 0. The van der Waals surface area contributed by atoms with E-state index >= 15 is 0 Å². The van der Waals surface area contributed by atoms with Gasteiger partial charge in [0.1, 0.15) is 0 Å². The summed E-state index contributed by atoms with van der Waals surface area (Å²) in [5.41, 5.74) is 6.69. The summed E-state index contributed by atoms with van der Waals surface area (Å²) in [7, 11) is 0. The summed E-state index contributed by atoms with van der Waals surface area (Å²) >= 11 is 0. The quantitative estimate of drug-likeness (QED) is 0.536. The molecule has 0 spiro atoms. The standard InChI is InChI=1S/C17H12FN3O2/c18-11-9-10(19)5-6-13(11)22-15-7-8-20-17-16(15)23-14-4-2-1-3-12(14)21-17/h1-9H,19H2,(H,20,21). The number of halogens is 1. The first-order chi connectivity index (χ1) is 11.2. The number of ether oxygens (including phenoxy) is 2. The summed E-state index contributed by atoms with van der Waals surface area (Å²) in [6.07, 6.45) is 1.56. The molecule has 6 heteroatoms. The summed E-state index contributed by atoms with van der Waals surface area (Å²) in [5.74, 6) is 1.45. The topological polar surface area (TPSA) is 69.4 Å². The first-order valence-corrected chi connectivity index (χ1v) is 6.96. The number of fused-ring (bicyclic) bond motifs is 2. The van der Waals surface area contributed by atoms with Gasteiger partial charge in [-0.05, 0) is 24.3 Å². The molecule has 23 heavy (non-hydrogen) atoms. The number of benzene rings is 2. The molecule has 0 amide bonds. The third-order valence-corrected chi connectivity index (χ3v) is 3.40. The number of pyridine rings is 1. The minimum Gasteiger partial charge on any atom is -0.450 e. The van der Waals surface area contributed by atoms with Crippen molar-refractivity contribution < 1.29 is 13.9 Å². The van der Waals surface area contributed by atoms with Gasteiger partial charge < -0.3 is 20.5 Å². The fraction of sp³-hybridized carbons (Fsp3) is 0. The molecule has 3 aromatic rings. The van der Waals surface area contributed by atoms with E-state index in [1.165, 1.54) is 12.1 Å². The van der Waals surface area contributed by atoms with Gasteiger partial charge >= 0.3 is 0 Å². The fourth-order valence-corrected chi connectivity index (χ4v) is 2.31. The smallest absolute Gasteiger partial charge is 0.212 e. The van der Waals surface area contributed by atoms with E-state index in [0.29, 0.717) is 28.8 Å². The Morgan fingerprint density at radius 3 is 2.83 bits per heavy atom. The van der Waals surface area contributed by atoms with Crippen molar-refractivity contribution in [3.8, 4) is 23.0 Å². The van der Waals surface area contributed by atoms with Crippen molar-refractivity contribution in [1.82, 2.24) is 4.98 Å². The zero-order valence-corrected chi connectivity index (χ0v) is 11.9. The number of hydrogen-bond donors (Lipinski definition) is 2. The van der Waals surface area contributed by atoms with E-state index in [9.17, 15) is 4.39 Å². The van der Waals surface area contributed by atoms with Gasteiger partial charge in [0.05, 0.1) is 5.69 Å². The fourth-order valence-electron chi connectivity index (χ4n) is 2.31. The van der Waals surface area contributed by atoms with E-state index in [-0.39, 0.29) is 5.75 Å². The predicted octanol–water partition coefficient (Wildman–Crippen LogP) is 4.44. The molecule has 0 saturated heterocycles. The summed E-state index contributed by atoms with van der Waals surface area (Å²) in [5, 5.41) is 3.16. The highest BCUT2D eigenvalue weighted by Crippen LogP contribution is 2.46. The number of nitrogen functional groups attached to an aromatic ring is 1. The van der Waals surface area contributed by atoms with Crippen molar-refractivity contribution in [2.75, 3.05) is 11.1 Å². The second-order valence-electron chi connectivity index (χ2n) is 5.00. The van der Waals surface area contributed by atoms with Crippen LogP contribution in [0, 0.1) is 5.82 Å². The van der Waals surface area contributed by atoms with Gasteiger partial charge in [-0.3, -0.25) is 0 Å². The van der Waals surface area contributed by atoms with E-state index in [1.807, 2.05) is 24.3 Å². The van der Waals surface area contributed by atoms with Crippen molar-refractivity contribution in [3.05, 3.63) is 60.5 Å². The second kappa shape index (κ2) is 5.17. The maximum Gasteiger partial charge on any atom is 0.212 e. The molecule has 0 atom stereocenters. The van der Waals surface area contributed by atoms with Crippen molar-refractivity contribution in [3.63, 3.8) is 0 Å². The molecule has 0 saturated carbocycles. The lowest BCUT2D eigenvalue weighted by atomic mass is 10.2. The van der Waals surface area contributed by atoms with Crippen LogP contribution in [0.2, 0.25) is 0 Å². The third kappa shape index (κ3) is 2.40. The van der Waals surface area contributed by atoms with Crippen LogP contribution < -0.4 is 20.5 Å². The lowest BCUT2D eigenvalue weighted by molar-refractivity contribution is 0.400. The Bertz CT molecular complexity index is 899. The highest BCUT2D eigenvalue weighted by molar-refractivity contribution is 5.75. The Kier molecular flexibility index (Phi) is 3.01. The first kappa shape index (κ1) is 13.4. The minimum atomic E-state index is -0.542. The number of nitrogens with two attached hydrogens (primary N) is 1. The molecule has 5 nitrogen and oxygen atoms in total. The number of anilines is 3. The van der Waals surface area contributed by atoms with Gasteiger partial charge in [-0.2, -0.15) is 0 Å². The molecule has 114 valence electrons. The summed E-state index contributed by atoms with van der Waals surface area (Å²) in [6, 6.07) is 13.3. The molecule has 1 aliphatic heterocycles. The van der Waals surface area contributed by atoms with Crippen LogP contribution in [0.1, 0.15) is 0 Å². The number of nitrogens with one attached hydrogen (secondary N) is 1. The van der Waals surface area contributed by atoms with Crippen LogP contribution in [-0.4, -0.2) is 4.98 Å². The van der Waals surface area contributed by atoms with Gasteiger partial charge in [-0.15, -0.1) is 0 Å². The Balaban J connectivity index is 1.72. The average molecular weight is 309 g/mol. The SMILES string of the molecule is Nc1ccc(Oc2ccnc3c2Oc2ccccc2N3)c(F)c1. The summed E-state index contributed by atoms with van der Waals surface area (Å²) < 4.78 is 25.4. The van der Waals surface area contributed by atoms with Crippen LogP contribution in [0.4, 0.5) is 21.6 Å². The molecule has 2 heterocycles. The van der Waals surface area contributed by atoms with E-state index < -0.39 is 5.82 Å². The van der Waals surface area contributed by atoms with Crippen LogP contribution >= 0.6 is 0 Å². The van der Waals surface area contributed by atoms with Gasteiger partial charge in [0.25, 0.3) is 0 Å². The van der Waals surface area contributed by atoms with Crippen molar-refractivity contribution >= 4 is 17.2 Å². The maximum atomic E-state index is 13.9. The Hall–Kier alpha value is -3.28. The molecule has 0 unspecified atom stereocenters.